The molecule has 0 saturated heterocycles. The number of hydrogen-bond donors (Lipinski definition) is 3. The number of aliphatic hydroxyl groups excluding tert-OH is 2. The van der Waals surface area contributed by atoms with E-state index in [9.17, 15) is 15.3 Å². The maximum atomic E-state index is 11.5. The van der Waals surface area contributed by atoms with Gasteiger partial charge in [-0.05, 0) is 47.9 Å². The highest BCUT2D eigenvalue weighted by Gasteiger charge is 2.55. The second-order valence-corrected chi connectivity index (χ2v) is 8.82. The van der Waals surface area contributed by atoms with Crippen LogP contribution in [0.4, 0.5) is 0 Å². The number of aromatic hydroxyl groups is 1. The van der Waals surface area contributed by atoms with Crippen molar-refractivity contribution in [3.05, 3.63) is 71.8 Å². The number of allylic oxidation sites excluding steroid dienone is 2. The van der Waals surface area contributed by atoms with Crippen molar-refractivity contribution in [1.29, 1.82) is 0 Å². The van der Waals surface area contributed by atoms with Crippen LogP contribution >= 0.6 is 0 Å². The molecule has 1 fully saturated rings. The number of benzene rings is 3. The van der Waals surface area contributed by atoms with E-state index in [-0.39, 0.29) is 29.4 Å². The number of fused-ring (bicyclic) bond motifs is 7. The minimum atomic E-state index is -0.767. The second-order valence-electron chi connectivity index (χ2n) is 8.82. The van der Waals surface area contributed by atoms with Crippen LogP contribution in [0, 0.1) is 23.7 Å². The van der Waals surface area contributed by atoms with Crippen molar-refractivity contribution in [3.63, 3.8) is 0 Å². The van der Waals surface area contributed by atoms with Gasteiger partial charge in [-0.1, -0.05) is 36.4 Å². The lowest BCUT2D eigenvalue weighted by Gasteiger charge is -2.42. The summed E-state index contributed by atoms with van der Waals surface area (Å²) in [7, 11) is 1.57. The van der Waals surface area contributed by atoms with E-state index >= 15 is 0 Å². The Bertz CT molecular complexity index is 1210. The lowest BCUT2D eigenvalue weighted by Crippen LogP contribution is -2.36. The molecule has 5 heteroatoms. The zero-order chi connectivity index (χ0) is 21.3. The highest BCUT2D eigenvalue weighted by atomic mass is 16.5. The summed E-state index contributed by atoms with van der Waals surface area (Å²) in [6.45, 7) is 0. The lowest BCUT2D eigenvalue weighted by molar-refractivity contribution is -0.0232. The van der Waals surface area contributed by atoms with E-state index in [2.05, 4.69) is 12.2 Å². The Morgan fingerprint density at radius 3 is 2.06 bits per heavy atom. The predicted molar refractivity (Wildman–Crippen MR) is 116 cm³/mol. The highest BCUT2D eigenvalue weighted by molar-refractivity contribution is 5.93. The first-order valence-corrected chi connectivity index (χ1v) is 10.7. The van der Waals surface area contributed by atoms with Crippen molar-refractivity contribution in [2.75, 3.05) is 7.11 Å². The van der Waals surface area contributed by atoms with Gasteiger partial charge in [0.1, 0.15) is 23.0 Å². The van der Waals surface area contributed by atoms with E-state index < -0.39 is 12.2 Å². The fourth-order valence-electron chi connectivity index (χ4n) is 6.14. The summed E-state index contributed by atoms with van der Waals surface area (Å²) in [4.78, 5) is 0. The molecule has 158 valence electrons. The first-order valence-electron chi connectivity index (χ1n) is 10.7. The molecule has 0 heterocycles. The van der Waals surface area contributed by atoms with Gasteiger partial charge in [-0.3, -0.25) is 0 Å². The van der Waals surface area contributed by atoms with Crippen molar-refractivity contribution in [3.8, 4) is 23.0 Å². The first kappa shape index (κ1) is 18.7. The molecule has 0 radical (unpaired) electrons. The average Bonchev–Trinajstić information content (AvgIpc) is 3.40. The average molecular weight is 416 g/mol. The number of rotatable bonds is 3. The molecule has 0 spiro atoms. The van der Waals surface area contributed by atoms with Crippen molar-refractivity contribution in [2.24, 2.45) is 23.7 Å². The molecule has 6 rings (SSSR count). The van der Waals surface area contributed by atoms with Crippen LogP contribution in [0.25, 0.3) is 10.8 Å². The largest absolute Gasteiger partial charge is 0.507 e. The predicted octanol–water partition coefficient (Wildman–Crippen LogP) is 4.87. The number of hydrogen-bond acceptors (Lipinski definition) is 5. The maximum Gasteiger partial charge on any atom is 0.138 e. The van der Waals surface area contributed by atoms with Crippen LogP contribution in [0.3, 0.4) is 0 Å². The van der Waals surface area contributed by atoms with Gasteiger partial charge in [0.05, 0.1) is 24.7 Å². The molecule has 0 amide bonds. The lowest BCUT2D eigenvalue weighted by atomic mass is 9.67. The molecule has 1 saturated carbocycles. The number of methoxy groups -OCH3 is 1. The van der Waals surface area contributed by atoms with Crippen LogP contribution < -0.4 is 9.47 Å². The van der Waals surface area contributed by atoms with Crippen molar-refractivity contribution in [1.82, 2.24) is 0 Å². The van der Waals surface area contributed by atoms with Crippen LogP contribution in [0.15, 0.2) is 60.7 Å². The molecular weight excluding hydrogens is 392 g/mol. The normalized spacial score (nSPS) is 30.3. The van der Waals surface area contributed by atoms with Crippen LogP contribution in [-0.2, 0) is 0 Å². The molecule has 2 bridgehead atoms. The Labute approximate surface area is 180 Å². The number of phenols is 1. The van der Waals surface area contributed by atoms with Gasteiger partial charge in [0.2, 0.25) is 0 Å². The third-order valence-electron chi connectivity index (χ3n) is 7.40. The van der Waals surface area contributed by atoms with E-state index in [0.717, 1.165) is 11.8 Å². The minimum Gasteiger partial charge on any atom is -0.507 e. The van der Waals surface area contributed by atoms with E-state index in [0.29, 0.717) is 33.8 Å². The van der Waals surface area contributed by atoms with Crippen molar-refractivity contribution < 1.29 is 24.8 Å². The highest BCUT2D eigenvalue weighted by Crippen LogP contribution is 2.62. The zero-order valence-electron chi connectivity index (χ0n) is 17.1. The van der Waals surface area contributed by atoms with E-state index in [1.807, 2.05) is 18.2 Å². The number of phenolic OH excluding ortho intramolecular Hbond substituents is 1. The van der Waals surface area contributed by atoms with Crippen LogP contribution in [0.2, 0.25) is 0 Å². The van der Waals surface area contributed by atoms with Gasteiger partial charge >= 0.3 is 0 Å². The van der Waals surface area contributed by atoms with Crippen LogP contribution in [0.1, 0.15) is 29.8 Å². The van der Waals surface area contributed by atoms with Gasteiger partial charge in [-0.25, -0.2) is 0 Å². The standard InChI is InChI=1S/C26H24O5/c1-30-17-10-11-19(31-18-7-3-5-13-4-2-6-16(27)20(13)18)24-23(17)25(28)21-14-8-9-15(12-14)22(21)26(24)29/h2-11,14-15,21-22,25-29H,12H2,1H3/t14?,15?,21-,22+,25-,26+/m0/s1. The van der Waals surface area contributed by atoms with E-state index in [1.165, 1.54) is 0 Å². The van der Waals surface area contributed by atoms with Crippen molar-refractivity contribution in [2.45, 2.75) is 18.6 Å². The summed E-state index contributed by atoms with van der Waals surface area (Å²) in [5, 5.41) is 34.8. The molecular formula is C26H24O5. The monoisotopic (exact) mass is 416 g/mol. The first-order chi connectivity index (χ1) is 15.1. The van der Waals surface area contributed by atoms with Gasteiger partial charge in [0.15, 0.2) is 0 Å². The smallest absolute Gasteiger partial charge is 0.138 e. The third-order valence-corrected chi connectivity index (χ3v) is 7.40. The van der Waals surface area contributed by atoms with Crippen LogP contribution in [0.5, 0.6) is 23.0 Å². The number of ether oxygens (including phenoxy) is 2. The Morgan fingerprint density at radius 1 is 0.774 bits per heavy atom. The van der Waals surface area contributed by atoms with Crippen LogP contribution in [-0.4, -0.2) is 22.4 Å². The molecule has 31 heavy (non-hydrogen) atoms. The summed E-state index contributed by atoms with van der Waals surface area (Å²) in [5.74, 6) is 2.12. The quantitative estimate of drug-likeness (QED) is 0.531. The summed E-state index contributed by atoms with van der Waals surface area (Å²) in [6.07, 6.45) is 3.82. The van der Waals surface area contributed by atoms with Gasteiger partial charge < -0.3 is 24.8 Å². The van der Waals surface area contributed by atoms with Gasteiger partial charge in [-0.15, -0.1) is 0 Å². The molecule has 0 aliphatic heterocycles. The summed E-state index contributed by atoms with van der Waals surface area (Å²) in [5.41, 5.74) is 1.20. The molecule has 3 aliphatic carbocycles. The van der Waals surface area contributed by atoms with Gasteiger partial charge in [-0.2, -0.15) is 0 Å². The molecule has 5 nitrogen and oxygen atoms in total. The fourth-order valence-corrected chi connectivity index (χ4v) is 6.14. The van der Waals surface area contributed by atoms with E-state index in [4.69, 9.17) is 9.47 Å². The summed E-state index contributed by atoms with van der Waals surface area (Å²) in [6, 6.07) is 14.5. The Balaban J connectivity index is 1.52. The summed E-state index contributed by atoms with van der Waals surface area (Å²) >= 11 is 0. The molecule has 0 aromatic heterocycles. The molecule has 2 unspecified atom stereocenters. The topological polar surface area (TPSA) is 79.2 Å². The Morgan fingerprint density at radius 2 is 1.39 bits per heavy atom. The third kappa shape index (κ3) is 2.57. The molecule has 3 aliphatic rings. The number of aliphatic hydroxyl groups is 2. The molecule has 3 aromatic rings. The molecule has 3 N–H and O–H groups in total. The zero-order valence-corrected chi connectivity index (χ0v) is 17.1. The Hall–Kier alpha value is -3.02. The SMILES string of the molecule is COc1ccc(Oc2cccc3cccc(O)c23)c2c1[C@@H](O)[C@H]1C3C=CC(C3)[C@H]1[C@H]2O. The summed E-state index contributed by atoms with van der Waals surface area (Å²) < 4.78 is 11.9. The fraction of sp³-hybridized carbons (Fsp3) is 0.308. The molecule has 3 aromatic carbocycles. The van der Waals surface area contributed by atoms with Gasteiger partial charge in [0.25, 0.3) is 0 Å². The second kappa shape index (κ2) is 6.74. The maximum absolute atomic E-state index is 11.5. The minimum absolute atomic E-state index is 0.0248. The van der Waals surface area contributed by atoms with Gasteiger partial charge in [0, 0.05) is 23.0 Å². The Kier molecular flexibility index (Phi) is 4.07. The molecule has 6 atom stereocenters. The van der Waals surface area contributed by atoms with E-state index in [1.54, 1.807) is 37.4 Å². The van der Waals surface area contributed by atoms with Crippen molar-refractivity contribution >= 4 is 10.8 Å².